The zero-order valence-electron chi connectivity index (χ0n) is 10.4. The SMILES string of the molecule is COc1cc(Br)c(C2OCCC2CCl)cc1OC. The fourth-order valence-electron chi connectivity index (χ4n) is 2.22. The van der Waals surface area contributed by atoms with Gasteiger partial charge in [-0.3, -0.25) is 0 Å². The molecule has 0 amide bonds. The van der Waals surface area contributed by atoms with E-state index in [0.29, 0.717) is 23.3 Å². The molecule has 0 spiro atoms. The first-order chi connectivity index (χ1) is 8.71. The van der Waals surface area contributed by atoms with Crippen molar-refractivity contribution in [3.8, 4) is 11.5 Å². The highest BCUT2D eigenvalue weighted by atomic mass is 79.9. The Balaban J connectivity index is 2.38. The molecular formula is C13H16BrClO3. The van der Waals surface area contributed by atoms with Gasteiger partial charge in [-0.2, -0.15) is 0 Å². The van der Waals surface area contributed by atoms with Crippen molar-refractivity contribution in [3.05, 3.63) is 22.2 Å². The van der Waals surface area contributed by atoms with Crippen LogP contribution in [0.2, 0.25) is 0 Å². The van der Waals surface area contributed by atoms with E-state index in [1.807, 2.05) is 12.1 Å². The number of rotatable bonds is 4. The minimum Gasteiger partial charge on any atom is -0.493 e. The Labute approximate surface area is 120 Å². The largest absolute Gasteiger partial charge is 0.493 e. The van der Waals surface area contributed by atoms with E-state index in [-0.39, 0.29) is 6.10 Å². The van der Waals surface area contributed by atoms with Gasteiger partial charge in [-0.05, 0) is 24.1 Å². The molecule has 1 aromatic carbocycles. The minimum absolute atomic E-state index is 0.0247. The molecule has 2 rings (SSSR count). The maximum atomic E-state index is 5.99. The molecule has 1 aliphatic heterocycles. The van der Waals surface area contributed by atoms with Gasteiger partial charge in [0.05, 0.1) is 20.3 Å². The second-order valence-electron chi connectivity index (χ2n) is 4.22. The van der Waals surface area contributed by atoms with Gasteiger partial charge in [-0.1, -0.05) is 15.9 Å². The summed E-state index contributed by atoms with van der Waals surface area (Å²) in [5.74, 6) is 2.36. The topological polar surface area (TPSA) is 27.7 Å². The lowest BCUT2D eigenvalue weighted by Crippen LogP contribution is -2.10. The minimum atomic E-state index is 0.0247. The first-order valence-electron chi connectivity index (χ1n) is 5.80. The average Bonchev–Trinajstić information content (AvgIpc) is 2.86. The van der Waals surface area contributed by atoms with Crippen LogP contribution in [-0.4, -0.2) is 26.7 Å². The maximum Gasteiger partial charge on any atom is 0.161 e. The van der Waals surface area contributed by atoms with E-state index in [9.17, 15) is 0 Å². The average molecular weight is 336 g/mol. The molecule has 1 aromatic rings. The second-order valence-corrected chi connectivity index (χ2v) is 5.39. The fourth-order valence-corrected chi connectivity index (χ4v) is 3.09. The summed E-state index contributed by atoms with van der Waals surface area (Å²) in [4.78, 5) is 0. The lowest BCUT2D eigenvalue weighted by molar-refractivity contribution is 0.0943. The van der Waals surface area contributed by atoms with E-state index in [1.165, 1.54) is 0 Å². The van der Waals surface area contributed by atoms with Crippen LogP contribution in [0.4, 0.5) is 0 Å². The number of methoxy groups -OCH3 is 2. The molecule has 5 heteroatoms. The maximum absolute atomic E-state index is 5.99. The third-order valence-electron chi connectivity index (χ3n) is 3.22. The number of halogens is 2. The van der Waals surface area contributed by atoms with Crippen molar-refractivity contribution < 1.29 is 14.2 Å². The number of benzene rings is 1. The van der Waals surface area contributed by atoms with Crippen LogP contribution in [0.3, 0.4) is 0 Å². The Morgan fingerprint density at radius 2 is 2.00 bits per heavy atom. The number of alkyl halides is 1. The zero-order chi connectivity index (χ0) is 13.1. The van der Waals surface area contributed by atoms with Gasteiger partial charge in [0, 0.05) is 22.9 Å². The van der Waals surface area contributed by atoms with Gasteiger partial charge in [-0.25, -0.2) is 0 Å². The Morgan fingerprint density at radius 3 is 2.61 bits per heavy atom. The van der Waals surface area contributed by atoms with Gasteiger partial charge in [-0.15, -0.1) is 11.6 Å². The van der Waals surface area contributed by atoms with Gasteiger partial charge >= 0.3 is 0 Å². The molecule has 0 aromatic heterocycles. The summed E-state index contributed by atoms with van der Waals surface area (Å²) in [6.07, 6.45) is 1.02. The van der Waals surface area contributed by atoms with Crippen LogP contribution in [0.25, 0.3) is 0 Å². The monoisotopic (exact) mass is 334 g/mol. The van der Waals surface area contributed by atoms with Crippen LogP contribution in [0.15, 0.2) is 16.6 Å². The molecule has 0 aliphatic carbocycles. The van der Waals surface area contributed by atoms with Crippen molar-refractivity contribution in [2.45, 2.75) is 12.5 Å². The summed E-state index contributed by atoms with van der Waals surface area (Å²) >= 11 is 9.55. The molecule has 1 saturated heterocycles. The lowest BCUT2D eigenvalue weighted by Gasteiger charge is -2.20. The number of hydrogen-bond acceptors (Lipinski definition) is 3. The number of hydrogen-bond donors (Lipinski definition) is 0. The molecule has 1 aliphatic rings. The standard InChI is InChI=1S/C13H16BrClO3/c1-16-11-5-9(10(14)6-12(11)17-2)13-8(7-15)3-4-18-13/h5-6,8,13H,3-4,7H2,1-2H3. The molecule has 2 unspecified atom stereocenters. The lowest BCUT2D eigenvalue weighted by atomic mass is 9.97. The summed E-state index contributed by atoms with van der Waals surface area (Å²) < 4.78 is 17.3. The smallest absolute Gasteiger partial charge is 0.161 e. The Hall–Kier alpha value is -0.450. The van der Waals surface area contributed by atoms with E-state index in [4.69, 9.17) is 25.8 Å². The Morgan fingerprint density at radius 1 is 1.33 bits per heavy atom. The summed E-state index contributed by atoms with van der Waals surface area (Å²) in [7, 11) is 3.25. The van der Waals surface area contributed by atoms with Gasteiger partial charge in [0.2, 0.25) is 0 Å². The molecule has 0 N–H and O–H groups in total. The first kappa shape index (κ1) is 14.0. The quantitative estimate of drug-likeness (QED) is 0.784. The summed E-state index contributed by atoms with van der Waals surface area (Å²) in [6, 6.07) is 3.86. The van der Waals surface area contributed by atoms with Crippen molar-refractivity contribution in [2.75, 3.05) is 26.7 Å². The van der Waals surface area contributed by atoms with Crippen molar-refractivity contribution in [1.29, 1.82) is 0 Å². The van der Waals surface area contributed by atoms with Crippen molar-refractivity contribution in [3.63, 3.8) is 0 Å². The third kappa shape index (κ3) is 2.60. The van der Waals surface area contributed by atoms with E-state index in [0.717, 1.165) is 23.1 Å². The molecule has 0 radical (unpaired) electrons. The predicted octanol–water partition coefficient (Wildman–Crippen LogP) is 3.78. The molecular weight excluding hydrogens is 319 g/mol. The normalized spacial score (nSPS) is 23.1. The first-order valence-corrected chi connectivity index (χ1v) is 7.13. The summed E-state index contributed by atoms with van der Waals surface area (Å²) in [6.45, 7) is 0.753. The van der Waals surface area contributed by atoms with Crippen molar-refractivity contribution >= 4 is 27.5 Å². The molecule has 0 bridgehead atoms. The molecule has 18 heavy (non-hydrogen) atoms. The zero-order valence-corrected chi connectivity index (χ0v) is 12.8. The van der Waals surface area contributed by atoms with E-state index < -0.39 is 0 Å². The fraction of sp³-hybridized carbons (Fsp3) is 0.538. The van der Waals surface area contributed by atoms with Crippen LogP contribution in [-0.2, 0) is 4.74 Å². The van der Waals surface area contributed by atoms with Crippen LogP contribution >= 0.6 is 27.5 Å². The molecule has 1 heterocycles. The second kappa shape index (κ2) is 6.13. The van der Waals surface area contributed by atoms with Crippen molar-refractivity contribution in [2.24, 2.45) is 5.92 Å². The molecule has 2 atom stereocenters. The van der Waals surface area contributed by atoms with E-state index in [2.05, 4.69) is 15.9 Å². The van der Waals surface area contributed by atoms with Gasteiger partial charge in [0.25, 0.3) is 0 Å². The highest BCUT2D eigenvalue weighted by molar-refractivity contribution is 9.10. The molecule has 3 nitrogen and oxygen atoms in total. The number of ether oxygens (including phenoxy) is 3. The van der Waals surface area contributed by atoms with E-state index >= 15 is 0 Å². The highest BCUT2D eigenvalue weighted by Crippen LogP contribution is 2.42. The molecule has 1 fully saturated rings. The Bertz CT molecular complexity index is 425. The van der Waals surface area contributed by atoms with Crippen LogP contribution < -0.4 is 9.47 Å². The molecule has 0 saturated carbocycles. The predicted molar refractivity (Wildman–Crippen MR) is 74.8 cm³/mol. The Kier molecular flexibility index (Phi) is 4.76. The van der Waals surface area contributed by atoms with Gasteiger partial charge in [0.1, 0.15) is 0 Å². The van der Waals surface area contributed by atoms with Gasteiger partial charge in [0.15, 0.2) is 11.5 Å². The summed E-state index contributed by atoms with van der Waals surface area (Å²) in [5, 5.41) is 0. The third-order valence-corrected chi connectivity index (χ3v) is 4.30. The van der Waals surface area contributed by atoms with Crippen molar-refractivity contribution in [1.82, 2.24) is 0 Å². The van der Waals surface area contributed by atoms with Crippen LogP contribution in [0, 0.1) is 5.92 Å². The molecule has 100 valence electrons. The summed E-state index contributed by atoms with van der Waals surface area (Å²) in [5.41, 5.74) is 1.07. The van der Waals surface area contributed by atoms with E-state index in [1.54, 1.807) is 14.2 Å². The van der Waals surface area contributed by atoms with Crippen LogP contribution in [0.1, 0.15) is 18.1 Å². The van der Waals surface area contributed by atoms with Crippen LogP contribution in [0.5, 0.6) is 11.5 Å². The van der Waals surface area contributed by atoms with Gasteiger partial charge < -0.3 is 14.2 Å². The highest BCUT2D eigenvalue weighted by Gasteiger charge is 2.31.